The van der Waals surface area contributed by atoms with Crippen molar-refractivity contribution in [1.29, 1.82) is 0 Å². The van der Waals surface area contributed by atoms with Gasteiger partial charge in [0.1, 0.15) is 5.65 Å². The summed E-state index contributed by atoms with van der Waals surface area (Å²) in [6.45, 7) is 0. The monoisotopic (exact) mass is 458 g/mol. The number of carbonyl (C=O) groups is 1. The molecular formula is C28H22N6O. The van der Waals surface area contributed by atoms with Crippen LogP contribution in [0.4, 0.5) is 11.4 Å². The van der Waals surface area contributed by atoms with Crippen LogP contribution in [-0.4, -0.2) is 25.6 Å². The molecular weight excluding hydrogens is 436 g/mol. The molecule has 6 aromatic rings. The first-order valence-corrected chi connectivity index (χ1v) is 10.7. The lowest BCUT2D eigenvalue weighted by molar-refractivity contribution is 0.112. The van der Waals surface area contributed by atoms with E-state index in [2.05, 4.69) is 43.6 Å². The first-order chi connectivity index (χ1) is 17.1. The van der Waals surface area contributed by atoms with Crippen molar-refractivity contribution >= 4 is 45.1 Å². The van der Waals surface area contributed by atoms with E-state index < -0.39 is 0 Å². The van der Waals surface area contributed by atoms with Crippen LogP contribution in [0.15, 0.2) is 97.7 Å². The largest absolute Gasteiger partial charge is 0.397 e. The minimum Gasteiger partial charge on any atom is -0.397 e. The Bertz CT molecular complexity index is 1640. The summed E-state index contributed by atoms with van der Waals surface area (Å²) < 4.78 is 2.11. The fourth-order valence-electron chi connectivity index (χ4n) is 3.42. The number of carbonyl (C=O) groups excluding carboxylic acids is 1. The summed E-state index contributed by atoms with van der Waals surface area (Å²) in [6.07, 6.45) is 14.5. The highest BCUT2D eigenvalue weighted by Gasteiger charge is 2.06. The Morgan fingerprint density at radius 1 is 0.857 bits per heavy atom. The van der Waals surface area contributed by atoms with Crippen molar-refractivity contribution in [2.75, 3.05) is 11.5 Å². The van der Waals surface area contributed by atoms with Gasteiger partial charge in [-0.3, -0.25) is 19.2 Å². The molecule has 0 amide bonds. The van der Waals surface area contributed by atoms with E-state index in [-0.39, 0.29) is 0 Å². The van der Waals surface area contributed by atoms with Crippen LogP contribution in [-0.2, 0) is 0 Å². The van der Waals surface area contributed by atoms with E-state index in [1.54, 1.807) is 24.4 Å². The molecule has 4 heterocycles. The van der Waals surface area contributed by atoms with Crippen LogP contribution in [0.5, 0.6) is 0 Å². The standard InChI is InChI=1S/C14H9N3.C8H5NO.C6H8N2/c1-2-4-13-12(3-1)16-14-11-9-15-7-5-10(11)6-8-17(13)14;1-2-7-3-4-9-5-8(7)6-10;7-5-3-1-2-4-6(5)8/h1-9H;1,3-6H;1-4H,7-8H2. The van der Waals surface area contributed by atoms with E-state index in [4.69, 9.17) is 17.9 Å². The SMILES string of the molecule is C#Cc1ccncc1C=O.Nc1ccccc1N.c1ccc2c(c1)nc1c3cnccc3ccn21. The van der Waals surface area contributed by atoms with Crippen molar-refractivity contribution in [3.8, 4) is 12.3 Å². The number of benzene rings is 2. The minimum absolute atomic E-state index is 0.463. The summed E-state index contributed by atoms with van der Waals surface area (Å²) in [7, 11) is 0. The molecule has 7 heteroatoms. The van der Waals surface area contributed by atoms with Crippen molar-refractivity contribution < 1.29 is 4.79 Å². The Labute approximate surface area is 202 Å². The smallest absolute Gasteiger partial charge is 0.152 e. The third-order valence-electron chi connectivity index (χ3n) is 5.23. The van der Waals surface area contributed by atoms with E-state index >= 15 is 0 Å². The maximum atomic E-state index is 10.3. The van der Waals surface area contributed by atoms with Gasteiger partial charge >= 0.3 is 0 Å². The first kappa shape index (κ1) is 23.0. The van der Waals surface area contributed by atoms with E-state index in [1.807, 2.05) is 48.8 Å². The minimum atomic E-state index is 0.463. The molecule has 0 bridgehead atoms. The number of aldehydes is 1. The fraction of sp³-hybridized carbons (Fsp3) is 0. The second-order valence-electron chi connectivity index (χ2n) is 7.43. The molecule has 0 aliphatic heterocycles. The average molecular weight is 459 g/mol. The molecule has 35 heavy (non-hydrogen) atoms. The number of nitrogens with zero attached hydrogens (tertiary/aromatic N) is 4. The Balaban J connectivity index is 0.000000137. The van der Waals surface area contributed by atoms with Crippen LogP contribution in [0.2, 0.25) is 0 Å². The lowest BCUT2D eigenvalue weighted by Crippen LogP contribution is -1.91. The number of para-hydroxylation sites is 4. The molecule has 0 atom stereocenters. The number of fused-ring (bicyclic) bond motifs is 5. The number of imidazole rings is 1. The topological polar surface area (TPSA) is 112 Å². The number of nitrogens with two attached hydrogens (primary N) is 2. The molecule has 7 nitrogen and oxygen atoms in total. The Morgan fingerprint density at radius 2 is 1.54 bits per heavy atom. The lowest BCUT2D eigenvalue weighted by Gasteiger charge is -1.99. The number of hydrogen-bond acceptors (Lipinski definition) is 6. The van der Waals surface area contributed by atoms with Crippen molar-refractivity contribution in [1.82, 2.24) is 19.4 Å². The molecule has 170 valence electrons. The molecule has 6 rings (SSSR count). The zero-order valence-corrected chi connectivity index (χ0v) is 18.7. The molecule has 0 radical (unpaired) electrons. The quantitative estimate of drug-likeness (QED) is 0.209. The van der Waals surface area contributed by atoms with Crippen LogP contribution < -0.4 is 11.5 Å². The van der Waals surface area contributed by atoms with Gasteiger partial charge in [0.25, 0.3) is 0 Å². The van der Waals surface area contributed by atoms with Gasteiger partial charge in [0.15, 0.2) is 6.29 Å². The number of terminal acetylenes is 1. The van der Waals surface area contributed by atoms with Gasteiger partial charge < -0.3 is 11.5 Å². The second-order valence-corrected chi connectivity index (χ2v) is 7.43. The van der Waals surface area contributed by atoms with Gasteiger partial charge in [-0.05, 0) is 47.9 Å². The molecule has 0 aliphatic carbocycles. The summed E-state index contributed by atoms with van der Waals surface area (Å²) in [5.74, 6) is 2.38. The van der Waals surface area contributed by atoms with Crippen LogP contribution in [0.25, 0.3) is 27.5 Å². The normalized spacial score (nSPS) is 10.0. The van der Waals surface area contributed by atoms with Gasteiger partial charge in [-0.2, -0.15) is 0 Å². The number of anilines is 2. The summed E-state index contributed by atoms with van der Waals surface area (Å²) in [6, 6.07) is 21.1. The van der Waals surface area contributed by atoms with Crippen LogP contribution in [0.1, 0.15) is 15.9 Å². The van der Waals surface area contributed by atoms with Gasteiger partial charge in [0.2, 0.25) is 0 Å². The molecule has 0 saturated heterocycles. The molecule has 4 aromatic heterocycles. The molecule has 4 N–H and O–H groups in total. The van der Waals surface area contributed by atoms with E-state index in [0.29, 0.717) is 28.8 Å². The number of hydrogen-bond donors (Lipinski definition) is 2. The summed E-state index contributed by atoms with van der Waals surface area (Å²) in [5, 5.41) is 2.26. The summed E-state index contributed by atoms with van der Waals surface area (Å²) in [4.78, 5) is 22.8. The van der Waals surface area contributed by atoms with Crippen LogP contribution in [0.3, 0.4) is 0 Å². The fourth-order valence-corrected chi connectivity index (χ4v) is 3.42. The molecule has 0 fully saturated rings. The summed E-state index contributed by atoms with van der Waals surface area (Å²) in [5.41, 5.74) is 16.3. The number of nitrogen functional groups attached to an aromatic ring is 2. The number of rotatable bonds is 1. The predicted octanol–water partition coefficient (Wildman–Crippen LogP) is 4.76. The number of aromatic nitrogens is 4. The van der Waals surface area contributed by atoms with Crippen molar-refractivity contribution in [3.63, 3.8) is 0 Å². The van der Waals surface area contributed by atoms with Gasteiger partial charge in [0.05, 0.1) is 22.4 Å². The maximum Gasteiger partial charge on any atom is 0.152 e. The van der Waals surface area contributed by atoms with Gasteiger partial charge in [-0.25, -0.2) is 4.98 Å². The Hall–Kier alpha value is -5.22. The van der Waals surface area contributed by atoms with Crippen molar-refractivity contribution in [2.24, 2.45) is 0 Å². The third kappa shape index (κ3) is 5.07. The zero-order valence-electron chi connectivity index (χ0n) is 18.7. The van der Waals surface area contributed by atoms with Crippen LogP contribution >= 0.6 is 0 Å². The van der Waals surface area contributed by atoms with Gasteiger partial charge in [0, 0.05) is 47.5 Å². The number of pyridine rings is 3. The zero-order chi connectivity index (χ0) is 24.6. The Morgan fingerprint density at radius 3 is 2.23 bits per heavy atom. The van der Waals surface area contributed by atoms with Crippen LogP contribution in [0, 0.1) is 12.3 Å². The molecule has 2 aromatic carbocycles. The highest BCUT2D eigenvalue weighted by molar-refractivity contribution is 5.97. The lowest BCUT2D eigenvalue weighted by atomic mass is 10.2. The Kier molecular flexibility index (Phi) is 6.95. The average Bonchev–Trinajstić information content (AvgIpc) is 3.30. The van der Waals surface area contributed by atoms with E-state index in [9.17, 15) is 4.79 Å². The predicted molar refractivity (Wildman–Crippen MR) is 141 cm³/mol. The molecule has 0 saturated carbocycles. The molecule has 0 aliphatic rings. The maximum absolute atomic E-state index is 10.3. The highest BCUT2D eigenvalue weighted by Crippen LogP contribution is 2.22. The van der Waals surface area contributed by atoms with E-state index in [0.717, 1.165) is 22.1 Å². The van der Waals surface area contributed by atoms with Crippen molar-refractivity contribution in [3.05, 3.63) is 109 Å². The third-order valence-corrected chi connectivity index (χ3v) is 5.23. The first-order valence-electron chi connectivity index (χ1n) is 10.7. The molecule has 0 spiro atoms. The second kappa shape index (κ2) is 10.6. The highest BCUT2D eigenvalue weighted by atomic mass is 16.1. The summed E-state index contributed by atoms with van der Waals surface area (Å²) >= 11 is 0. The van der Waals surface area contributed by atoms with Crippen molar-refractivity contribution in [2.45, 2.75) is 0 Å². The van der Waals surface area contributed by atoms with Gasteiger partial charge in [-0.1, -0.05) is 30.2 Å². The van der Waals surface area contributed by atoms with Gasteiger partial charge in [-0.15, -0.1) is 6.42 Å². The molecule has 0 unspecified atom stereocenters. The van der Waals surface area contributed by atoms with E-state index in [1.165, 1.54) is 11.6 Å².